The normalized spacial score (nSPS) is 25.6. The molecule has 1 fully saturated rings. The molecule has 0 spiro atoms. The molecule has 186 valence electrons. The second-order valence-corrected chi connectivity index (χ2v) is 8.95. The number of carbonyl (C=O) groups excluding carboxylic acids is 2. The number of ether oxygens (including phenoxy) is 1. The van der Waals surface area contributed by atoms with Gasteiger partial charge in [0.25, 0.3) is 0 Å². The van der Waals surface area contributed by atoms with E-state index in [1.165, 1.54) is 13.3 Å². The van der Waals surface area contributed by atoms with Gasteiger partial charge in [-0.1, -0.05) is 38.7 Å². The Bertz CT molecular complexity index is 750. The lowest BCUT2D eigenvalue weighted by atomic mass is 9.85. The zero-order chi connectivity index (χ0) is 24.4. The minimum absolute atomic E-state index is 0.110. The van der Waals surface area contributed by atoms with Gasteiger partial charge in [-0.3, -0.25) is 14.5 Å². The molecule has 0 radical (unpaired) electrons. The van der Waals surface area contributed by atoms with Crippen molar-refractivity contribution >= 4 is 23.8 Å². The Balaban J connectivity index is 2.10. The molecule has 1 aliphatic heterocycles. The van der Waals surface area contributed by atoms with Crippen molar-refractivity contribution in [1.82, 2.24) is 10.2 Å². The second kappa shape index (κ2) is 13.2. The number of carboxylic acids is 1. The van der Waals surface area contributed by atoms with E-state index in [1.54, 1.807) is 6.08 Å². The number of rotatable bonds is 11. The van der Waals surface area contributed by atoms with Gasteiger partial charge >= 0.3 is 11.9 Å². The summed E-state index contributed by atoms with van der Waals surface area (Å²) >= 11 is 0. The molecule has 10 nitrogen and oxygen atoms in total. The highest BCUT2D eigenvalue weighted by Crippen LogP contribution is 2.28. The van der Waals surface area contributed by atoms with E-state index in [0.717, 1.165) is 38.5 Å². The molecule has 1 aliphatic carbocycles. The molecule has 10 heteroatoms. The SMILES string of the molecule is CCCCCCCC(=O)O[C@H]1CCCN([C@@H]2C=C(C(=O)O)C[C@H](N=C(N)N)[C@H]2NC(C)=O)C1. The fraction of sp³-hybridized carbons (Fsp3) is 0.739. The number of amides is 1. The standard InChI is InChI=1S/C23H39N5O5/c1-3-4-5-6-7-10-20(30)33-17-9-8-11-28(14-17)19-13-16(22(31)32)12-18(27-23(24)25)21(19)26-15(2)29/h13,17-19,21H,3-12,14H2,1-2H3,(H,26,29)(H,31,32)(H4,24,25,27)/t17-,18-,19+,21+/m0/s1. The number of unbranched alkanes of at least 4 members (excludes halogenated alkanes) is 4. The maximum Gasteiger partial charge on any atom is 0.331 e. The van der Waals surface area contributed by atoms with Crippen LogP contribution in [0.15, 0.2) is 16.6 Å². The van der Waals surface area contributed by atoms with Gasteiger partial charge in [-0.05, 0) is 25.8 Å². The number of nitrogens with two attached hydrogens (primary N) is 2. The van der Waals surface area contributed by atoms with Gasteiger partial charge in [0.15, 0.2) is 5.96 Å². The summed E-state index contributed by atoms with van der Waals surface area (Å²) in [5.41, 5.74) is 11.4. The molecule has 1 saturated heterocycles. The Labute approximate surface area is 195 Å². The predicted octanol–water partition coefficient (Wildman–Crippen LogP) is 1.28. The third-order valence-electron chi connectivity index (χ3n) is 6.16. The Hall–Kier alpha value is -2.62. The van der Waals surface area contributed by atoms with Gasteiger partial charge in [0, 0.05) is 31.9 Å². The van der Waals surface area contributed by atoms with Gasteiger partial charge in [-0.2, -0.15) is 0 Å². The Morgan fingerprint density at radius 2 is 1.97 bits per heavy atom. The van der Waals surface area contributed by atoms with Gasteiger partial charge < -0.3 is 26.6 Å². The predicted molar refractivity (Wildman–Crippen MR) is 125 cm³/mol. The van der Waals surface area contributed by atoms with Crippen LogP contribution in [-0.2, 0) is 19.1 Å². The molecule has 0 bridgehead atoms. The number of carbonyl (C=O) groups is 3. The van der Waals surface area contributed by atoms with Crippen molar-refractivity contribution < 1.29 is 24.2 Å². The van der Waals surface area contributed by atoms with Crippen LogP contribution in [0.2, 0.25) is 0 Å². The molecule has 2 rings (SSSR count). The van der Waals surface area contributed by atoms with Gasteiger partial charge in [0.1, 0.15) is 6.10 Å². The summed E-state index contributed by atoms with van der Waals surface area (Å²) in [5, 5.41) is 12.5. The first-order valence-electron chi connectivity index (χ1n) is 11.9. The van der Waals surface area contributed by atoms with Crippen LogP contribution in [0.25, 0.3) is 0 Å². The summed E-state index contributed by atoms with van der Waals surface area (Å²) in [6.07, 6.45) is 8.77. The van der Waals surface area contributed by atoms with E-state index < -0.39 is 24.1 Å². The van der Waals surface area contributed by atoms with Crippen molar-refractivity contribution in [3.05, 3.63) is 11.6 Å². The van der Waals surface area contributed by atoms with Gasteiger partial charge in [-0.25, -0.2) is 9.79 Å². The monoisotopic (exact) mass is 465 g/mol. The second-order valence-electron chi connectivity index (χ2n) is 8.95. The quantitative estimate of drug-likeness (QED) is 0.154. The number of nitrogens with zero attached hydrogens (tertiary/aromatic N) is 2. The summed E-state index contributed by atoms with van der Waals surface area (Å²) in [6.45, 7) is 4.70. The molecule has 1 heterocycles. The lowest BCUT2D eigenvalue weighted by molar-refractivity contribution is -0.152. The topological polar surface area (TPSA) is 160 Å². The van der Waals surface area contributed by atoms with Crippen LogP contribution in [0, 0.1) is 0 Å². The van der Waals surface area contributed by atoms with Gasteiger partial charge in [-0.15, -0.1) is 0 Å². The van der Waals surface area contributed by atoms with E-state index in [9.17, 15) is 19.5 Å². The minimum Gasteiger partial charge on any atom is -0.478 e. The van der Waals surface area contributed by atoms with Gasteiger partial charge in [0.05, 0.1) is 18.1 Å². The average Bonchev–Trinajstić information content (AvgIpc) is 2.74. The van der Waals surface area contributed by atoms with Crippen molar-refractivity contribution in [1.29, 1.82) is 0 Å². The van der Waals surface area contributed by atoms with Crippen LogP contribution in [0.5, 0.6) is 0 Å². The number of carboxylic acid groups (broad SMARTS) is 1. The Morgan fingerprint density at radius 1 is 1.24 bits per heavy atom. The summed E-state index contributed by atoms with van der Waals surface area (Å²) < 4.78 is 5.73. The molecule has 1 amide bonds. The molecular formula is C23H39N5O5. The van der Waals surface area contributed by atoms with Crippen LogP contribution < -0.4 is 16.8 Å². The smallest absolute Gasteiger partial charge is 0.331 e. The largest absolute Gasteiger partial charge is 0.478 e. The highest BCUT2D eigenvalue weighted by Gasteiger charge is 2.40. The molecule has 2 aliphatic rings. The lowest BCUT2D eigenvalue weighted by Gasteiger charge is -2.44. The number of hydrogen-bond donors (Lipinski definition) is 4. The molecule has 6 N–H and O–H groups in total. The van der Waals surface area contributed by atoms with Crippen molar-refractivity contribution in [3.63, 3.8) is 0 Å². The number of piperidine rings is 1. The van der Waals surface area contributed by atoms with Crippen LogP contribution in [-0.4, -0.2) is 71.1 Å². The fourth-order valence-electron chi connectivity index (χ4n) is 4.63. The number of guanidine groups is 1. The van der Waals surface area contributed by atoms with E-state index in [-0.39, 0.29) is 35.9 Å². The number of likely N-dealkylation sites (tertiary alicyclic amines) is 1. The number of hydrogen-bond acceptors (Lipinski definition) is 6. The highest BCUT2D eigenvalue weighted by molar-refractivity contribution is 5.87. The average molecular weight is 466 g/mol. The zero-order valence-corrected chi connectivity index (χ0v) is 19.8. The van der Waals surface area contributed by atoms with Crippen molar-refractivity contribution in [3.8, 4) is 0 Å². The number of nitrogens with one attached hydrogen (secondary N) is 1. The molecular weight excluding hydrogens is 426 g/mol. The fourth-order valence-corrected chi connectivity index (χ4v) is 4.63. The summed E-state index contributed by atoms with van der Waals surface area (Å²) in [4.78, 5) is 42.3. The summed E-state index contributed by atoms with van der Waals surface area (Å²) in [7, 11) is 0. The molecule has 0 aromatic carbocycles. The van der Waals surface area contributed by atoms with Crippen molar-refractivity contribution in [2.45, 2.75) is 95.9 Å². The molecule has 0 saturated carbocycles. The number of esters is 1. The summed E-state index contributed by atoms with van der Waals surface area (Å²) in [5.74, 6) is -1.65. The number of aliphatic carboxylic acids is 1. The molecule has 4 atom stereocenters. The lowest BCUT2D eigenvalue weighted by Crippen LogP contribution is -2.60. The third kappa shape index (κ3) is 8.68. The van der Waals surface area contributed by atoms with E-state index >= 15 is 0 Å². The maximum atomic E-state index is 12.3. The van der Waals surface area contributed by atoms with Crippen molar-refractivity contribution in [2.24, 2.45) is 16.5 Å². The minimum atomic E-state index is -1.04. The third-order valence-corrected chi connectivity index (χ3v) is 6.16. The van der Waals surface area contributed by atoms with Crippen LogP contribution >= 0.6 is 0 Å². The maximum absolute atomic E-state index is 12.3. The Kier molecular flexibility index (Phi) is 10.6. The molecule has 33 heavy (non-hydrogen) atoms. The number of aliphatic imine (C=N–C) groups is 1. The molecule has 0 unspecified atom stereocenters. The first kappa shape index (κ1) is 26.6. The zero-order valence-electron chi connectivity index (χ0n) is 19.8. The van der Waals surface area contributed by atoms with E-state index in [1.807, 2.05) is 0 Å². The molecule has 0 aromatic rings. The Morgan fingerprint density at radius 3 is 2.61 bits per heavy atom. The van der Waals surface area contributed by atoms with Crippen LogP contribution in [0.1, 0.15) is 71.6 Å². The van der Waals surface area contributed by atoms with E-state index in [2.05, 4.69) is 22.1 Å². The van der Waals surface area contributed by atoms with Crippen LogP contribution in [0.4, 0.5) is 0 Å². The van der Waals surface area contributed by atoms with Crippen molar-refractivity contribution in [2.75, 3.05) is 13.1 Å². The first-order valence-corrected chi connectivity index (χ1v) is 11.9. The summed E-state index contributed by atoms with van der Waals surface area (Å²) in [6, 6.07) is -1.54. The molecule has 0 aromatic heterocycles. The van der Waals surface area contributed by atoms with E-state index in [0.29, 0.717) is 19.5 Å². The first-order chi connectivity index (χ1) is 15.7. The van der Waals surface area contributed by atoms with E-state index in [4.69, 9.17) is 16.2 Å². The van der Waals surface area contributed by atoms with Crippen LogP contribution in [0.3, 0.4) is 0 Å². The van der Waals surface area contributed by atoms with Gasteiger partial charge in [0.2, 0.25) is 5.91 Å². The highest BCUT2D eigenvalue weighted by atomic mass is 16.5.